The molecule has 10 nitrogen and oxygen atoms in total. The van der Waals surface area contributed by atoms with Crippen molar-refractivity contribution >= 4 is 16.6 Å². The van der Waals surface area contributed by atoms with Crippen molar-refractivity contribution in [3.05, 3.63) is 99.6 Å². The van der Waals surface area contributed by atoms with E-state index in [1.807, 2.05) is 54.6 Å². The number of nitrogens with zero attached hydrogens (tertiary/aromatic N) is 5. The molecule has 0 aliphatic carbocycles. The molecule has 0 saturated heterocycles. The molecule has 10 heteroatoms. The number of hydrogen-bond donors (Lipinski definition) is 1. The summed E-state index contributed by atoms with van der Waals surface area (Å²) in [6, 6.07) is 21.2. The summed E-state index contributed by atoms with van der Waals surface area (Å²) in [7, 11) is 1.64. The highest BCUT2D eigenvalue weighted by molar-refractivity contribution is 5.83. The SMILES string of the molecule is COc1ccc(Cn2nnnc2[C@H](c2cc3cc4c(cc3[nH]c2=O)OCCO4)N2CCc3ccccc32)cc1. The predicted molar refractivity (Wildman–Crippen MR) is 145 cm³/mol. The number of ether oxygens (including phenoxy) is 3. The Hall–Kier alpha value is -4.86. The highest BCUT2D eigenvalue weighted by Crippen LogP contribution is 2.39. The first kappa shape index (κ1) is 23.3. The number of pyridine rings is 1. The molecule has 4 heterocycles. The predicted octanol–water partition coefficient (Wildman–Crippen LogP) is 3.49. The minimum atomic E-state index is -0.511. The molecule has 0 spiro atoms. The van der Waals surface area contributed by atoms with Gasteiger partial charge in [0, 0.05) is 29.2 Å². The van der Waals surface area contributed by atoms with Crippen LogP contribution in [0.15, 0.2) is 71.5 Å². The van der Waals surface area contributed by atoms with Crippen molar-refractivity contribution in [1.29, 1.82) is 0 Å². The van der Waals surface area contributed by atoms with Crippen molar-refractivity contribution in [3.63, 3.8) is 0 Å². The number of rotatable bonds is 6. The number of benzene rings is 3. The summed E-state index contributed by atoms with van der Waals surface area (Å²) in [4.78, 5) is 19.0. The number of anilines is 1. The third kappa shape index (κ3) is 4.14. The third-order valence-corrected chi connectivity index (χ3v) is 7.36. The van der Waals surface area contributed by atoms with Crippen LogP contribution in [-0.4, -0.2) is 52.1 Å². The van der Waals surface area contributed by atoms with E-state index in [1.54, 1.807) is 11.8 Å². The van der Waals surface area contributed by atoms with Crippen LogP contribution in [0.1, 0.15) is 28.6 Å². The van der Waals surface area contributed by atoms with Crippen LogP contribution < -0.4 is 24.7 Å². The summed E-state index contributed by atoms with van der Waals surface area (Å²) in [5.41, 5.74) is 4.36. The van der Waals surface area contributed by atoms with E-state index in [4.69, 9.17) is 14.2 Å². The molecule has 5 aromatic rings. The molecule has 2 aliphatic heterocycles. The van der Waals surface area contributed by atoms with E-state index >= 15 is 0 Å². The minimum Gasteiger partial charge on any atom is -0.497 e. The molecule has 0 amide bonds. The van der Waals surface area contributed by atoms with Crippen LogP contribution in [0, 0.1) is 0 Å². The number of fused-ring (bicyclic) bond motifs is 3. The van der Waals surface area contributed by atoms with Gasteiger partial charge in [-0.3, -0.25) is 4.79 Å². The quantitative estimate of drug-likeness (QED) is 0.361. The van der Waals surface area contributed by atoms with Crippen molar-refractivity contribution < 1.29 is 14.2 Å². The molecule has 0 fully saturated rings. The lowest BCUT2D eigenvalue weighted by Gasteiger charge is -2.29. The molecule has 1 atom stereocenters. The third-order valence-electron chi connectivity index (χ3n) is 7.36. The van der Waals surface area contributed by atoms with Crippen LogP contribution in [0.2, 0.25) is 0 Å². The number of nitrogens with one attached hydrogen (secondary N) is 1. The molecule has 0 radical (unpaired) electrons. The highest BCUT2D eigenvalue weighted by Gasteiger charge is 2.34. The molecule has 1 N–H and O–H groups in total. The van der Waals surface area contributed by atoms with Crippen LogP contribution in [0.4, 0.5) is 5.69 Å². The fraction of sp³-hybridized carbons (Fsp3) is 0.241. The minimum absolute atomic E-state index is 0.201. The number of methoxy groups -OCH3 is 1. The zero-order chi connectivity index (χ0) is 26.3. The van der Waals surface area contributed by atoms with E-state index in [1.165, 1.54) is 5.56 Å². The second-order valence-electron chi connectivity index (χ2n) is 9.65. The summed E-state index contributed by atoms with van der Waals surface area (Å²) in [6.07, 6.45) is 0.872. The lowest BCUT2D eigenvalue weighted by atomic mass is 10.0. The molecule has 3 aromatic carbocycles. The summed E-state index contributed by atoms with van der Waals surface area (Å²) < 4.78 is 18.6. The van der Waals surface area contributed by atoms with Gasteiger partial charge in [-0.25, -0.2) is 4.68 Å². The fourth-order valence-corrected chi connectivity index (χ4v) is 5.47. The van der Waals surface area contributed by atoms with Crippen LogP contribution in [0.25, 0.3) is 10.9 Å². The van der Waals surface area contributed by atoms with E-state index in [-0.39, 0.29) is 5.56 Å². The molecule has 0 bridgehead atoms. The number of para-hydroxylation sites is 1. The molecular formula is C29H26N6O4. The van der Waals surface area contributed by atoms with E-state index in [9.17, 15) is 4.79 Å². The van der Waals surface area contributed by atoms with Gasteiger partial charge in [0.2, 0.25) is 0 Å². The van der Waals surface area contributed by atoms with E-state index in [0.29, 0.717) is 48.2 Å². The number of tetrazole rings is 1. The smallest absolute Gasteiger partial charge is 0.254 e. The Morgan fingerprint density at radius 2 is 1.82 bits per heavy atom. The van der Waals surface area contributed by atoms with Crippen LogP contribution in [0.5, 0.6) is 17.2 Å². The first-order valence-electron chi connectivity index (χ1n) is 12.9. The first-order valence-corrected chi connectivity index (χ1v) is 12.9. The summed E-state index contributed by atoms with van der Waals surface area (Å²) in [5.74, 6) is 2.66. The van der Waals surface area contributed by atoms with Gasteiger partial charge in [0.1, 0.15) is 25.0 Å². The maximum Gasteiger partial charge on any atom is 0.254 e. The molecule has 39 heavy (non-hydrogen) atoms. The Morgan fingerprint density at radius 3 is 2.64 bits per heavy atom. The van der Waals surface area contributed by atoms with E-state index in [2.05, 4.69) is 37.5 Å². The van der Waals surface area contributed by atoms with Gasteiger partial charge >= 0.3 is 0 Å². The lowest BCUT2D eigenvalue weighted by molar-refractivity contribution is 0.172. The van der Waals surface area contributed by atoms with Gasteiger partial charge in [-0.2, -0.15) is 0 Å². The lowest BCUT2D eigenvalue weighted by Crippen LogP contribution is -2.34. The number of aromatic amines is 1. The zero-order valence-electron chi connectivity index (χ0n) is 21.3. The molecule has 2 aromatic heterocycles. The second-order valence-corrected chi connectivity index (χ2v) is 9.65. The van der Waals surface area contributed by atoms with Gasteiger partial charge in [-0.1, -0.05) is 30.3 Å². The normalized spacial score (nSPS) is 14.8. The van der Waals surface area contributed by atoms with Crippen molar-refractivity contribution in [2.24, 2.45) is 0 Å². The largest absolute Gasteiger partial charge is 0.497 e. The van der Waals surface area contributed by atoms with Gasteiger partial charge in [0.15, 0.2) is 17.3 Å². The van der Waals surface area contributed by atoms with Gasteiger partial charge in [-0.05, 0) is 58.3 Å². The Bertz CT molecular complexity index is 1730. The molecule has 0 unspecified atom stereocenters. The van der Waals surface area contributed by atoms with Gasteiger partial charge < -0.3 is 24.1 Å². The van der Waals surface area contributed by atoms with Crippen LogP contribution in [-0.2, 0) is 13.0 Å². The fourth-order valence-electron chi connectivity index (χ4n) is 5.47. The topological polar surface area (TPSA) is 107 Å². The van der Waals surface area contributed by atoms with Gasteiger partial charge in [0.25, 0.3) is 5.56 Å². The van der Waals surface area contributed by atoms with Crippen molar-refractivity contribution in [3.8, 4) is 17.2 Å². The van der Waals surface area contributed by atoms with E-state index < -0.39 is 6.04 Å². The summed E-state index contributed by atoms with van der Waals surface area (Å²) in [6.45, 7) is 2.15. The van der Waals surface area contributed by atoms with Crippen molar-refractivity contribution in [2.75, 3.05) is 31.8 Å². The Kier molecular flexibility index (Phi) is 5.65. The number of H-pyrrole nitrogens is 1. The Labute approximate surface area is 223 Å². The van der Waals surface area contributed by atoms with Gasteiger partial charge in [-0.15, -0.1) is 5.10 Å². The maximum absolute atomic E-state index is 13.7. The Morgan fingerprint density at radius 1 is 1.03 bits per heavy atom. The van der Waals surface area contributed by atoms with Crippen LogP contribution in [0.3, 0.4) is 0 Å². The number of aromatic nitrogens is 5. The maximum atomic E-state index is 13.7. The van der Waals surface area contributed by atoms with Crippen LogP contribution >= 0.6 is 0 Å². The first-order chi connectivity index (χ1) is 19.2. The molecule has 0 saturated carbocycles. The molecule has 7 rings (SSSR count). The average molecular weight is 523 g/mol. The van der Waals surface area contributed by atoms with Crippen molar-refractivity contribution in [1.82, 2.24) is 25.2 Å². The Balaban J connectivity index is 1.37. The molecular weight excluding hydrogens is 496 g/mol. The highest BCUT2D eigenvalue weighted by atomic mass is 16.6. The van der Waals surface area contributed by atoms with E-state index in [0.717, 1.165) is 35.4 Å². The molecule has 2 aliphatic rings. The monoisotopic (exact) mass is 522 g/mol. The van der Waals surface area contributed by atoms with Crippen molar-refractivity contribution in [2.45, 2.75) is 19.0 Å². The molecule has 196 valence electrons. The second kappa shape index (κ2) is 9.46. The summed E-state index contributed by atoms with van der Waals surface area (Å²) >= 11 is 0. The summed E-state index contributed by atoms with van der Waals surface area (Å²) in [5, 5.41) is 13.7. The standard InChI is InChI=1S/C29H26N6O4/c1-37-21-8-6-18(7-9-21)17-35-28(31-32-33-35)27(34-11-10-19-4-2-3-5-24(19)34)22-14-20-15-25-26(39-13-12-38-25)16-23(20)30-29(22)36/h2-9,14-16,27H,10-13,17H2,1H3,(H,30,36)/t27-/m0/s1. The number of hydrogen-bond acceptors (Lipinski definition) is 8. The van der Waals surface area contributed by atoms with Gasteiger partial charge in [0.05, 0.1) is 19.2 Å². The zero-order valence-corrected chi connectivity index (χ0v) is 21.3. The average Bonchev–Trinajstić information content (AvgIpc) is 3.60.